The zero-order valence-electron chi connectivity index (χ0n) is 25.3. The number of ether oxygens (including phenoxy) is 1. The monoisotopic (exact) mass is 616 g/mol. The second kappa shape index (κ2) is 13.8. The normalized spacial score (nSPS) is 12.3. The molecule has 2 amide bonds. The largest absolute Gasteiger partial charge is 0.451 e. The van der Waals surface area contributed by atoms with Gasteiger partial charge in [0.2, 0.25) is 0 Å². The lowest BCUT2D eigenvalue weighted by Gasteiger charge is -2.37. The van der Waals surface area contributed by atoms with Crippen LogP contribution < -0.4 is 11.1 Å². The van der Waals surface area contributed by atoms with Gasteiger partial charge in [0.15, 0.2) is 6.10 Å². The van der Waals surface area contributed by atoms with E-state index < -0.39 is 41.0 Å². The van der Waals surface area contributed by atoms with Gasteiger partial charge >= 0.3 is 12.1 Å². The fourth-order valence-electron chi connectivity index (χ4n) is 5.67. The molecule has 0 fully saturated rings. The summed E-state index contributed by atoms with van der Waals surface area (Å²) < 4.78 is 44.8. The van der Waals surface area contributed by atoms with E-state index in [1.165, 1.54) is 12.1 Å². The predicted octanol–water partition coefficient (Wildman–Crippen LogP) is 7.63. The van der Waals surface area contributed by atoms with Crippen molar-refractivity contribution in [2.24, 2.45) is 5.73 Å². The number of alkyl halides is 3. The van der Waals surface area contributed by atoms with Gasteiger partial charge in [0, 0.05) is 16.7 Å². The molecule has 3 N–H and O–H groups in total. The number of benzene rings is 4. The van der Waals surface area contributed by atoms with Crippen LogP contribution in [0.15, 0.2) is 97.1 Å². The Morgan fingerprint density at radius 3 is 2.02 bits per heavy atom. The first-order chi connectivity index (χ1) is 21.4. The van der Waals surface area contributed by atoms with Crippen molar-refractivity contribution in [1.29, 1.82) is 0 Å². The number of anilines is 1. The number of carbonyl (C=O) groups is 3. The molecular formula is C36H35F3N2O4. The van der Waals surface area contributed by atoms with Crippen LogP contribution in [0.3, 0.4) is 0 Å². The van der Waals surface area contributed by atoms with E-state index in [0.29, 0.717) is 40.8 Å². The summed E-state index contributed by atoms with van der Waals surface area (Å²) in [4.78, 5) is 38.9. The van der Waals surface area contributed by atoms with Crippen LogP contribution >= 0.6 is 0 Å². The number of rotatable bonds is 11. The fraction of sp³-hybridized carbons (Fsp3) is 0.250. The van der Waals surface area contributed by atoms with Gasteiger partial charge in [0.25, 0.3) is 11.8 Å². The summed E-state index contributed by atoms with van der Waals surface area (Å²) in [5.41, 5.74) is 8.10. The molecule has 9 heteroatoms. The first-order valence-corrected chi connectivity index (χ1v) is 14.6. The highest BCUT2D eigenvalue weighted by Gasteiger charge is 2.43. The average Bonchev–Trinajstić information content (AvgIpc) is 3.02. The summed E-state index contributed by atoms with van der Waals surface area (Å²) in [6, 6.07) is 25.8. The van der Waals surface area contributed by atoms with E-state index in [0.717, 1.165) is 17.7 Å². The molecule has 0 saturated carbocycles. The lowest BCUT2D eigenvalue weighted by molar-refractivity contribution is -0.159. The molecule has 45 heavy (non-hydrogen) atoms. The van der Waals surface area contributed by atoms with Crippen molar-refractivity contribution in [1.82, 2.24) is 0 Å². The summed E-state index contributed by atoms with van der Waals surface area (Å²) in [6.45, 7) is 5.63. The summed E-state index contributed by atoms with van der Waals surface area (Å²) in [7, 11) is 0. The number of hydrogen-bond donors (Lipinski definition) is 2. The van der Waals surface area contributed by atoms with Crippen LogP contribution in [0.1, 0.15) is 59.3 Å². The zero-order chi connectivity index (χ0) is 32.8. The van der Waals surface area contributed by atoms with Crippen LogP contribution in [-0.2, 0) is 32.3 Å². The highest BCUT2D eigenvalue weighted by Crippen LogP contribution is 2.37. The number of aryl methyl sites for hydroxylation is 1. The molecule has 0 radical (unpaired) electrons. The highest BCUT2D eigenvalue weighted by molar-refractivity contribution is 6.09. The molecule has 0 aliphatic heterocycles. The SMILES string of the molecule is CCC(CC)(c1ccccc1)C(OC(=O)Cc1ccc(NC(=O)c2ccccc2-c2ccc(C(F)(F)F)cc2)c(C)c1)C(N)=O. The summed E-state index contributed by atoms with van der Waals surface area (Å²) in [5, 5.41) is 2.86. The molecule has 4 aromatic carbocycles. The summed E-state index contributed by atoms with van der Waals surface area (Å²) in [6.07, 6.45) is -4.68. The number of halogens is 3. The molecule has 0 aliphatic rings. The highest BCUT2D eigenvalue weighted by atomic mass is 19.4. The van der Waals surface area contributed by atoms with Crippen LogP contribution in [0.4, 0.5) is 18.9 Å². The van der Waals surface area contributed by atoms with Gasteiger partial charge in [-0.3, -0.25) is 14.4 Å². The number of primary amides is 1. The minimum atomic E-state index is -4.46. The molecule has 0 saturated heterocycles. The first kappa shape index (κ1) is 33.0. The Morgan fingerprint density at radius 2 is 1.44 bits per heavy atom. The minimum Gasteiger partial charge on any atom is -0.451 e. The number of nitrogens with one attached hydrogen (secondary N) is 1. The molecule has 0 bridgehead atoms. The van der Waals surface area contributed by atoms with Crippen molar-refractivity contribution in [2.45, 2.75) is 57.7 Å². The number of nitrogens with two attached hydrogens (primary N) is 1. The lowest BCUT2D eigenvalue weighted by Crippen LogP contribution is -2.50. The Labute approximate surface area is 260 Å². The smallest absolute Gasteiger partial charge is 0.416 e. The quantitative estimate of drug-likeness (QED) is 0.169. The summed E-state index contributed by atoms with van der Waals surface area (Å²) >= 11 is 0. The van der Waals surface area contributed by atoms with Crippen molar-refractivity contribution in [3.8, 4) is 11.1 Å². The molecule has 4 rings (SSSR count). The third-order valence-corrected chi connectivity index (χ3v) is 8.20. The van der Waals surface area contributed by atoms with Gasteiger partial charge in [-0.2, -0.15) is 13.2 Å². The van der Waals surface area contributed by atoms with Crippen LogP contribution in [0.25, 0.3) is 11.1 Å². The van der Waals surface area contributed by atoms with E-state index in [-0.39, 0.29) is 12.0 Å². The number of hydrogen-bond acceptors (Lipinski definition) is 4. The van der Waals surface area contributed by atoms with Crippen molar-refractivity contribution >= 4 is 23.5 Å². The Bertz CT molecular complexity index is 1660. The zero-order valence-corrected chi connectivity index (χ0v) is 25.3. The van der Waals surface area contributed by atoms with Crippen LogP contribution in [0.2, 0.25) is 0 Å². The van der Waals surface area contributed by atoms with Gasteiger partial charge in [-0.1, -0.05) is 86.6 Å². The van der Waals surface area contributed by atoms with Gasteiger partial charge in [0.1, 0.15) is 0 Å². The van der Waals surface area contributed by atoms with Crippen molar-refractivity contribution in [2.75, 3.05) is 5.32 Å². The molecule has 0 aliphatic carbocycles. The van der Waals surface area contributed by atoms with Gasteiger partial charge in [-0.15, -0.1) is 0 Å². The summed E-state index contributed by atoms with van der Waals surface area (Å²) in [5.74, 6) is -1.77. The molecule has 0 spiro atoms. The molecule has 1 atom stereocenters. The number of amides is 2. The Morgan fingerprint density at radius 1 is 0.822 bits per heavy atom. The number of esters is 1. The Hall–Kier alpha value is -4.92. The van der Waals surface area contributed by atoms with E-state index in [4.69, 9.17) is 10.5 Å². The molecular weight excluding hydrogens is 581 g/mol. The topological polar surface area (TPSA) is 98.5 Å². The molecule has 4 aromatic rings. The van der Waals surface area contributed by atoms with E-state index in [9.17, 15) is 27.6 Å². The predicted molar refractivity (Wildman–Crippen MR) is 167 cm³/mol. The minimum absolute atomic E-state index is 0.117. The maximum atomic E-state index is 13.3. The molecule has 6 nitrogen and oxygen atoms in total. The van der Waals surface area contributed by atoms with E-state index >= 15 is 0 Å². The van der Waals surface area contributed by atoms with Gasteiger partial charge in [-0.25, -0.2) is 0 Å². The van der Waals surface area contributed by atoms with Gasteiger partial charge < -0.3 is 15.8 Å². The standard InChI is InChI=1S/C36H35F3N2O4/c1-4-35(5-2,26-11-7-6-8-12-26)32(33(40)43)45-31(42)22-24-15-20-30(23(3)21-24)41-34(44)29-14-10-9-13-28(29)25-16-18-27(19-17-25)36(37,38)39/h6-21,32H,4-5,22H2,1-3H3,(H2,40,43)(H,41,44). The molecule has 234 valence electrons. The van der Waals surface area contributed by atoms with Crippen molar-refractivity contribution in [3.63, 3.8) is 0 Å². The second-order valence-electron chi connectivity index (χ2n) is 10.9. The third kappa shape index (κ3) is 7.42. The molecule has 0 aromatic heterocycles. The number of carbonyl (C=O) groups excluding carboxylic acids is 3. The second-order valence-corrected chi connectivity index (χ2v) is 10.9. The van der Waals surface area contributed by atoms with Crippen molar-refractivity contribution < 1.29 is 32.3 Å². The van der Waals surface area contributed by atoms with Crippen LogP contribution in [0.5, 0.6) is 0 Å². The maximum Gasteiger partial charge on any atom is 0.416 e. The van der Waals surface area contributed by atoms with Gasteiger partial charge in [-0.05, 0) is 71.8 Å². The van der Waals surface area contributed by atoms with Crippen LogP contribution in [-0.4, -0.2) is 23.9 Å². The Balaban J connectivity index is 1.49. The van der Waals surface area contributed by atoms with E-state index in [1.54, 1.807) is 49.4 Å². The van der Waals surface area contributed by atoms with E-state index in [1.807, 2.05) is 44.2 Å². The lowest BCUT2D eigenvalue weighted by atomic mass is 9.71. The molecule has 1 unspecified atom stereocenters. The van der Waals surface area contributed by atoms with Gasteiger partial charge in [0.05, 0.1) is 12.0 Å². The fourth-order valence-corrected chi connectivity index (χ4v) is 5.67. The van der Waals surface area contributed by atoms with Crippen molar-refractivity contribution in [3.05, 3.63) is 125 Å². The Kier molecular flexibility index (Phi) is 10.1. The average molecular weight is 617 g/mol. The third-order valence-electron chi connectivity index (χ3n) is 8.20. The first-order valence-electron chi connectivity index (χ1n) is 14.6. The van der Waals surface area contributed by atoms with E-state index in [2.05, 4.69) is 5.32 Å². The van der Waals surface area contributed by atoms with Crippen LogP contribution in [0, 0.1) is 6.92 Å². The molecule has 0 heterocycles. The maximum absolute atomic E-state index is 13.3.